The summed E-state index contributed by atoms with van der Waals surface area (Å²) in [6, 6.07) is 5.97. The van der Waals surface area contributed by atoms with Crippen LogP contribution in [0.15, 0.2) is 18.2 Å². The van der Waals surface area contributed by atoms with Crippen LogP contribution in [0.2, 0.25) is 0 Å². The van der Waals surface area contributed by atoms with Crippen molar-refractivity contribution in [3.05, 3.63) is 45.6 Å². The zero-order chi connectivity index (χ0) is 22.3. The molecule has 6 nitrogen and oxygen atoms in total. The van der Waals surface area contributed by atoms with Crippen LogP contribution in [-0.4, -0.2) is 47.1 Å². The highest BCUT2D eigenvalue weighted by atomic mass is 32.1. The number of thiophene rings is 1. The number of urea groups is 1. The Balaban J connectivity index is 1.53. The first-order valence-corrected chi connectivity index (χ1v) is 11.7. The molecule has 1 saturated heterocycles. The monoisotopic (exact) mass is 437 g/mol. The quantitative estimate of drug-likeness (QED) is 0.596. The van der Waals surface area contributed by atoms with Crippen LogP contribution in [0, 0.1) is 27.7 Å². The molecule has 1 aliphatic rings. The zero-order valence-electron chi connectivity index (χ0n) is 19.2. The lowest BCUT2D eigenvalue weighted by Gasteiger charge is -2.36. The number of anilines is 2. The van der Waals surface area contributed by atoms with Crippen molar-refractivity contribution in [3.63, 3.8) is 0 Å². The normalized spacial score (nSPS) is 14.5. The van der Waals surface area contributed by atoms with Gasteiger partial charge >= 0.3 is 6.03 Å². The Morgan fingerprint density at radius 3 is 2.42 bits per heavy atom. The number of fused-ring (bicyclic) bond motifs is 1. The number of hydrogen-bond acceptors (Lipinski definition) is 5. The third kappa shape index (κ3) is 4.11. The van der Waals surface area contributed by atoms with Gasteiger partial charge in [0.15, 0.2) is 0 Å². The molecular weight excluding hydrogens is 406 g/mol. The molecule has 164 valence electrons. The van der Waals surface area contributed by atoms with E-state index in [-0.39, 0.29) is 11.9 Å². The van der Waals surface area contributed by atoms with Crippen LogP contribution in [0.1, 0.15) is 47.2 Å². The lowest BCUT2D eigenvalue weighted by molar-refractivity contribution is 0.208. The van der Waals surface area contributed by atoms with E-state index in [1.807, 2.05) is 24.0 Å². The van der Waals surface area contributed by atoms with Gasteiger partial charge in [0.05, 0.1) is 5.39 Å². The first-order valence-electron chi connectivity index (χ1n) is 10.9. The second-order valence-electron chi connectivity index (χ2n) is 8.68. The first-order chi connectivity index (χ1) is 14.8. The highest BCUT2D eigenvalue weighted by molar-refractivity contribution is 7.18. The van der Waals surface area contributed by atoms with E-state index >= 15 is 0 Å². The molecule has 1 aliphatic heterocycles. The van der Waals surface area contributed by atoms with Crippen molar-refractivity contribution in [3.8, 4) is 0 Å². The number of aromatic nitrogens is 2. The minimum absolute atomic E-state index is 0.0355. The molecule has 1 N–H and O–H groups in total. The molecule has 0 saturated carbocycles. The predicted octanol–water partition coefficient (Wildman–Crippen LogP) is 5.40. The van der Waals surface area contributed by atoms with Crippen LogP contribution in [0.4, 0.5) is 16.3 Å². The van der Waals surface area contributed by atoms with Gasteiger partial charge in [0.1, 0.15) is 16.5 Å². The van der Waals surface area contributed by atoms with Gasteiger partial charge in [-0.25, -0.2) is 14.8 Å². The molecule has 2 aromatic heterocycles. The number of amides is 2. The van der Waals surface area contributed by atoms with Gasteiger partial charge in [-0.05, 0) is 50.5 Å². The molecule has 1 aromatic carbocycles. The first kappa shape index (κ1) is 21.6. The number of carbonyl (C=O) groups is 1. The summed E-state index contributed by atoms with van der Waals surface area (Å²) < 4.78 is 0. The Bertz CT molecular complexity index is 1130. The summed E-state index contributed by atoms with van der Waals surface area (Å²) >= 11 is 1.75. The van der Waals surface area contributed by atoms with Gasteiger partial charge in [-0.15, -0.1) is 11.3 Å². The average Bonchev–Trinajstić information content (AvgIpc) is 3.04. The summed E-state index contributed by atoms with van der Waals surface area (Å²) in [6.07, 6.45) is 0. The van der Waals surface area contributed by atoms with Gasteiger partial charge in [0, 0.05) is 42.7 Å². The fourth-order valence-corrected chi connectivity index (χ4v) is 4.96. The molecule has 0 bridgehead atoms. The number of benzene rings is 1. The van der Waals surface area contributed by atoms with Crippen LogP contribution >= 0.6 is 11.3 Å². The van der Waals surface area contributed by atoms with Gasteiger partial charge in [0.2, 0.25) is 0 Å². The number of piperazine rings is 1. The predicted molar refractivity (Wildman–Crippen MR) is 130 cm³/mol. The van der Waals surface area contributed by atoms with Gasteiger partial charge < -0.3 is 15.1 Å². The summed E-state index contributed by atoms with van der Waals surface area (Å²) in [4.78, 5) is 29.2. The second kappa shape index (κ2) is 8.46. The Labute approximate surface area is 188 Å². The van der Waals surface area contributed by atoms with Crippen molar-refractivity contribution in [2.45, 2.75) is 47.5 Å². The van der Waals surface area contributed by atoms with Gasteiger partial charge in [0.25, 0.3) is 0 Å². The molecule has 0 aliphatic carbocycles. The molecule has 31 heavy (non-hydrogen) atoms. The van der Waals surface area contributed by atoms with Gasteiger partial charge in [-0.2, -0.15) is 0 Å². The van der Waals surface area contributed by atoms with Crippen LogP contribution in [0.25, 0.3) is 10.2 Å². The van der Waals surface area contributed by atoms with Crippen molar-refractivity contribution in [1.82, 2.24) is 14.9 Å². The van der Waals surface area contributed by atoms with E-state index in [4.69, 9.17) is 9.97 Å². The Morgan fingerprint density at radius 1 is 1.03 bits per heavy atom. The van der Waals surface area contributed by atoms with Crippen LogP contribution in [0.3, 0.4) is 0 Å². The number of hydrogen-bond donors (Lipinski definition) is 1. The number of rotatable bonds is 3. The van der Waals surface area contributed by atoms with Crippen molar-refractivity contribution in [1.29, 1.82) is 0 Å². The summed E-state index contributed by atoms with van der Waals surface area (Å²) in [5, 5.41) is 4.25. The highest BCUT2D eigenvalue weighted by Crippen LogP contribution is 2.36. The Hall–Kier alpha value is -2.67. The number of nitrogens with zero attached hydrogens (tertiary/aromatic N) is 4. The summed E-state index contributed by atoms with van der Waals surface area (Å²) in [5.41, 5.74) is 4.44. The van der Waals surface area contributed by atoms with Crippen molar-refractivity contribution < 1.29 is 4.79 Å². The molecule has 4 rings (SSSR count). The third-order valence-corrected chi connectivity index (χ3v) is 7.36. The number of aryl methyl sites for hydroxylation is 3. The van der Waals surface area contributed by atoms with E-state index in [1.54, 1.807) is 11.3 Å². The van der Waals surface area contributed by atoms with E-state index in [0.29, 0.717) is 13.1 Å². The standard InChI is InChI=1S/C24H31N5OS/c1-14(2)21-26-22(20-17(5)18(6)31-23(20)27-21)28-10-12-29(13-11-28)24(30)25-19-9-7-8-15(3)16(19)4/h7-9,14H,10-13H2,1-6H3,(H,25,30). The van der Waals surface area contributed by atoms with Gasteiger partial charge in [-0.1, -0.05) is 26.0 Å². The molecule has 0 atom stereocenters. The number of nitrogens with one attached hydrogen (secondary N) is 1. The maximum absolute atomic E-state index is 12.9. The van der Waals surface area contributed by atoms with Crippen molar-refractivity contribution in [2.75, 3.05) is 36.4 Å². The highest BCUT2D eigenvalue weighted by Gasteiger charge is 2.26. The zero-order valence-corrected chi connectivity index (χ0v) is 20.1. The SMILES string of the molecule is Cc1cccc(NC(=O)N2CCN(c3nc(C(C)C)nc4sc(C)c(C)c34)CC2)c1C. The summed E-state index contributed by atoms with van der Waals surface area (Å²) in [7, 11) is 0. The molecule has 2 amide bonds. The van der Waals surface area contributed by atoms with E-state index in [2.05, 4.69) is 50.9 Å². The molecule has 0 unspecified atom stereocenters. The minimum Gasteiger partial charge on any atom is -0.352 e. The fraction of sp³-hybridized carbons (Fsp3) is 0.458. The smallest absolute Gasteiger partial charge is 0.321 e. The second-order valence-corrected chi connectivity index (χ2v) is 9.88. The van der Waals surface area contributed by atoms with Crippen molar-refractivity contribution >= 4 is 39.1 Å². The maximum atomic E-state index is 12.9. The summed E-state index contributed by atoms with van der Waals surface area (Å²) in [5.74, 6) is 2.18. The molecule has 3 aromatic rings. The van der Waals surface area contributed by atoms with Crippen molar-refractivity contribution in [2.24, 2.45) is 0 Å². The van der Waals surface area contributed by atoms with E-state index in [9.17, 15) is 4.79 Å². The molecule has 7 heteroatoms. The molecule has 3 heterocycles. The minimum atomic E-state index is -0.0355. The maximum Gasteiger partial charge on any atom is 0.321 e. The van der Waals surface area contributed by atoms with Crippen LogP contribution in [-0.2, 0) is 0 Å². The topological polar surface area (TPSA) is 61.4 Å². The largest absolute Gasteiger partial charge is 0.352 e. The van der Waals surface area contributed by atoms with Gasteiger partial charge in [-0.3, -0.25) is 0 Å². The Kier molecular flexibility index (Phi) is 5.88. The molecule has 1 fully saturated rings. The lowest BCUT2D eigenvalue weighted by atomic mass is 10.1. The molecule has 0 spiro atoms. The molecule has 0 radical (unpaired) electrons. The van der Waals surface area contributed by atoms with Crippen LogP contribution < -0.4 is 10.2 Å². The van der Waals surface area contributed by atoms with Crippen LogP contribution in [0.5, 0.6) is 0 Å². The Morgan fingerprint density at radius 2 is 1.74 bits per heavy atom. The fourth-order valence-electron chi connectivity index (χ4n) is 3.93. The average molecular weight is 438 g/mol. The summed E-state index contributed by atoms with van der Waals surface area (Å²) in [6.45, 7) is 15.5. The van der Waals surface area contributed by atoms with E-state index in [1.165, 1.54) is 21.4 Å². The number of carbonyl (C=O) groups excluding carboxylic acids is 1. The van der Waals surface area contributed by atoms with E-state index in [0.717, 1.165) is 40.8 Å². The van der Waals surface area contributed by atoms with E-state index < -0.39 is 0 Å². The lowest BCUT2D eigenvalue weighted by Crippen LogP contribution is -2.50. The third-order valence-electron chi connectivity index (χ3n) is 6.26. The molecular formula is C24H31N5OS.